The molecule has 2 N–H and O–H groups in total. The van der Waals surface area contributed by atoms with E-state index < -0.39 is 11.4 Å². The van der Waals surface area contributed by atoms with Gasteiger partial charge in [-0.15, -0.1) is 12.4 Å². The first-order valence-corrected chi connectivity index (χ1v) is 10.5. The molecule has 10 heteroatoms. The van der Waals surface area contributed by atoms with Crippen LogP contribution in [-0.4, -0.2) is 40.1 Å². The number of benzene rings is 1. The average Bonchev–Trinajstić information content (AvgIpc) is 3.09. The standard InChI is InChI=1S/C23H27N5O4.ClH/c1-14(2)12-32-18-11-16(5-6-17(18)20(29)30)26-22-25-9-7-19(27-22)28-10-8-23(13-24,15(3)4)21(28)31;/h5-7,9,11,14-15H,8,10,12H2,1-4H3,(H,29,30)(H,25,26,27);1H/t23-;/m1./s1. The van der Waals surface area contributed by atoms with Crippen LogP contribution in [0.5, 0.6) is 5.75 Å². The summed E-state index contributed by atoms with van der Waals surface area (Å²) >= 11 is 0. The predicted octanol–water partition coefficient (Wildman–Crippen LogP) is 4.28. The van der Waals surface area contributed by atoms with E-state index in [0.29, 0.717) is 31.1 Å². The Hall–Kier alpha value is -3.38. The van der Waals surface area contributed by atoms with Gasteiger partial charge in [0.05, 0.1) is 12.7 Å². The van der Waals surface area contributed by atoms with Crippen molar-refractivity contribution in [3.05, 3.63) is 36.0 Å². The third kappa shape index (κ3) is 5.34. The van der Waals surface area contributed by atoms with E-state index in [1.54, 1.807) is 18.2 Å². The van der Waals surface area contributed by atoms with Crippen molar-refractivity contribution in [1.29, 1.82) is 5.26 Å². The molecule has 9 nitrogen and oxygen atoms in total. The van der Waals surface area contributed by atoms with Gasteiger partial charge in [0.25, 0.3) is 0 Å². The van der Waals surface area contributed by atoms with Gasteiger partial charge in [-0.3, -0.25) is 9.69 Å². The number of aromatic carboxylic acids is 1. The summed E-state index contributed by atoms with van der Waals surface area (Å²) in [7, 11) is 0. The van der Waals surface area contributed by atoms with Crippen molar-refractivity contribution >= 4 is 41.7 Å². The molecule has 1 aliphatic heterocycles. The van der Waals surface area contributed by atoms with Gasteiger partial charge >= 0.3 is 5.97 Å². The Morgan fingerprint density at radius 3 is 2.64 bits per heavy atom. The van der Waals surface area contributed by atoms with Gasteiger partial charge < -0.3 is 15.2 Å². The van der Waals surface area contributed by atoms with E-state index in [2.05, 4.69) is 21.4 Å². The van der Waals surface area contributed by atoms with E-state index in [4.69, 9.17) is 4.74 Å². The Morgan fingerprint density at radius 2 is 2.06 bits per heavy atom. The van der Waals surface area contributed by atoms with Crippen LogP contribution in [0.1, 0.15) is 44.5 Å². The van der Waals surface area contributed by atoms with Crippen molar-refractivity contribution in [1.82, 2.24) is 9.97 Å². The number of amides is 1. The number of halogens is 1. The number of carbonyl (C=O) groups is 2. The topological polar surface area (TPSA) is 128 Å². The van der Waals surface area contributed by atoms with Crippen LogP contribution in [0.3, 0.4) is 0 Å². The molecule has 3 rings (SSSR count). The minimum absolute atomic E-state index is 0. The molecule has 1 aliphatic rings. The molecular weight excluding hydrogens is 446 g/mol. The summed E-state index contributed by atoms with van der Waals surface area (Å²) in [6, 6.07) is 8.48. The first-order valence-electron chi connectivity index (χ1n) is 10.5. The minimum Gasteiger partial charge on any atom is -0.492 e. The number of hydrogen-bond donors (Lipinski definition) is 2. The third-order valence-electron chi connectivity index (χ3n) is 5.50. The van der Waals surface area contributed by atoms with E-state index in [0.717, 1.165) is 0 Å². The molecule has 1 aromatic heterocycles. The van der Waals surface area contributed by atoms with Crippen LogP contribution in [-0.2, 0) is 4.79 Å². The minimum atomic E-state index is -1.08. The van der Waals surface area contributed by atoms with Crippen molar-refractivity contribution in [2.75, 3.05) is 23.4 Å². The lowest BCUT2D eigenvalue weighted by Gasteiger charge is -2.24. The number of carboxylic acids is 1. The predicted molar refractivity (Wildman–Crippen MR) is 126 cm³/mol. The summed E-state index contributed by atoms with van der Waals surface area (Å²) in [5, 5.41) is 22.1. The first-order chi connectivity index (χ1) is 15.2. The molecule has 1 atom stereocenters. The lowest BCUT2D eigenvalue weighted by atomic mass is 9.77. The monoisotopic (exact) mass is 473 g/mol. The molecule has 176 valence electrons. The molecule has 0 radical (unpaired) electrons. The zero-order chi connectivity index (χ0) is 23.5. The maximum absolute atomic E-state index is 13.0. The molecule has 1 fully saturated rings. The van der Waals surface area contributed by atoms with E-state index in [1.807, 2.05) is 27.7 Å². The average molecular weight is 474 g/mol. The molecule has 0 saturated carbocycles. The van der Waals surface area contributed by atoms with E-state index in [9.17, 15) is 20.0 Å². The van der Waals surface area contributed by atoms with Crippen LogP contribution in [0.4, 0.5) is 17.5 Å². The number of nitrogens with zero attached hydrogens (tertiary/aromatic N) is 4. The van der Waals surface area contributed by atoms with Crippen LogP contribution in [0.15, 0.2) is 30.5 Å². The van der Waals surface area contributed by atoms with Gasteiger partial charge in [-0.2, -0.15) is 10.2 Å². The highest BCUT2D eigenvalue weighted by Crippen LogP contribution is 2.40. The van der Waals surface area contributed by atoms with Gasteiger partial charge in [0.1, 0.15) is 22.5 Å². The number of nitriles is 1. The number of hydrogen-bond acceptors (Lipinski definition) is 7. The summed E-state index contributed by atoms with van der Waals surface area (Å²) < 4.78 is 5.67. The van der Waals surface area contributed by atoms with Crippen molar-refractivity contribution < 1.29 is 19.4 Å². The largest absolute Gasteiger partial charge is 0.492 e. The summed E-state index contributed by atoms with van der Waals surface area (Å²) in [6.45, 7) is 8.48. The normalized spacial score (nSPS) is 17.6. The number of ether oxygens (including phenoxy) is 1. The van der Waals surface area contributed by atoms with E-state index in [-0.39, 0.29) is 47.4 Å². The van der Waals surface area contributed by atoms with Crippen LogP contribution in [0.2, 0.25) is 0 Å². The van der Waals surface area contributed by atoms with Crippen molar-refractivity contribution in [2.24, 2.45) is 17.3 Å². The number of rotatable bonds is 8. The Balaban J connectivity index is 0.00000385. The summed E-state index contributed by atoms with van der Waals surface area (Å²) in [4.78, 5) is 34.6. The molecule has 0 spiro atoms. The van der Waals surface area contributed by atoms with Crippen LogP contribution in [0, 0.1) is 28.6 Å². The third-order valence-corrected chi connectivity index (χ3v) is 5.50. The summed E-state index contributed by atoms with van der Waals surface area (Å²) in [5.74, 6) is -0.310. The second-order valence-electron chi connectivity index (χ2n) is 8.53. The molecule has 1 amide bonds. The van der Waals surface area contributed by atoms with E-state index in [1.165, 1.54) is 17.2 Å². The van der Waals surface area contributed by atoms with Gasteiger partial charge in [-0.05, 0) is 36.5 Å². The number of carbonyl (C=O) groups excluding carboxylic acids is 1. The van der Waals surface area contributed by atoms with Crippen molar-refractivity contribution in [3.8, 4) is 11.8 Å². The van der Waals surface area contributed by atoms with Crippen molar-refractivity contribution in [2.45, 2.75) is 34.1 Å². The maximum Gasteiger partial charge on any atom is 0.339 e. The number of nitrogens with one attached hydrogen (secondary N) is 1. The maximum atomic E-state index is 13.0. The van der Waals surface area contributed by atoms with Crippen LogP contribution in [0.25, 0.3) is 0 Å². The molecule has 33 heavy (non-hydrogen) atoms. The second-order valence-corrected chi connectivity index (χ2v) is 8.53. The van der Waals surface area contributed by atoms with Gasteiger partial charge in [-0.25, -0.2) is 9.78 Å². The highest BCUT2D eigenvalue weighted by Gasteiger charge is 2.50. The number of anilines is 3. The van der Waals surface area contributed by atoms with E-state index >= 15 is 0 Å². The lowest BCUT2D eigenvalue weighted by Crippen LogP contribution is -2.37. The lowest BCUT2D eigenvalue weighted by molar-refractivity contribution is -0.124. The second kappa shape index (κ2) is 10.5. The number of carboxylic acid groups (broad SMARTS) is 1. The van der Waals surface area contributed by atoms with Gasteiger partial charge in [-0.1, -0.05) is 27.7 Å². The fourth-order valence-corrected chi connectivity index (χ4v) is 3.57. The molecule has 0 aliphatic carbocycles. The molecule has 0 unspecified atom stereocenters. The molecule has 1 saturated heterocycles. The Bertz CT molecular complexity index is 1070. The fraction of sp³-hybridized carbons (Fsp3) is 0.435. The SMILES string of the molecule is CC(C)COc1cc(Nc2nccc(N3CC[C@@](C#N)(C(C)C)C3=O)n2)ccc1C(=O)O.Cl. The van der Waals surface area contributed by atoms with Gasteiger partial charge in [0, 0.05) is 24.5 Å². The molecule has 2 aromatic rings. The fourth-order valence-electron chi connectivity index (χ4n) is 3.57. The first kappa shape index (κ1) is 25.9. The molecule has 2 heterocycles. The highest BCUT2D eigenvalue weighted by molar-refractivity contribution is 6.01. The number of aromatic nitrogens is 2. The molecule has 0 bridgehead atoms. The molecular formula is C23H28ClN5O4. The zero-order valence-electron chi connectivity index (χ0n) is 19.0. The smallest absolute Gasteiger partial charge is 0.339 e. The van der Waals surface area contributed by atoms with Gasteiger partial charge in [0.15, 0.2) is 0 Å². The quantitative estimate of drug-likeness (QED) is 0.581. The Labute approximate surface area is 199 Å². The summed E-state index contributed by atoms with van der Waals surface area (Å²) in [5.41, 5.74) is -0.435. The molecule has 1 aromatic carbocycles. The van der Waals surface area contributed by atoms with Crippen LogP contribution < -0.4 is 15.0 Å². The zero-order valence-corrected chi connectivity index (χ0v) is 19.8. The summed E-state index contributed by atoms with van der Waals surface area (Å²) in [6.07, 6.45) is 1.97. The Kier molecular flexibility index (Phi) is 8.23. The van der Waals surface area contributed by atoms with Crippen LogP contribution >= 0.6 is 12.4 Å². The van der Waals surface area contributed by atoms with Crippen molar-refractivity contribution in [3.63, 3.8) is 0 Å². The highest BCUT2D eigenvalue weighted by atomic mass is 35.5. The van der Waals surface area contributed by atoms with Gasteiger partial charge in [0.2, 0.25) is 11.9 Å². The Morgan fingerprint density at radius 1 is 1.33 bits per heavy atom.